The van der Waals surface area contributed by atoms with Crippen molar-refractivity contribution in [1.82, 2.24) is 0 Å². The van der Waals surface area contributed by atoms with Gasteiger partial charge >= 0.3 is 0 Å². The molecule has 0 amide bonds. The van der Waals surface area contributed by atoms with Crippen molar-refractivity contribution in [3.05, 3.63) is 95.7 Å². The van der Waals surface area contributed by atoms with Gasteiger partial charge in [-0.05, 0) is 68.3 Å². The number of sulfonamides is 1. The number of aryl methyl sites for hydroxylation is 2. The number of methoxy groups -OCH3 is 1. The first-order chi connectivity index (χ1) is 13.8. The van der Waals surface area contributed by atoms with Crippen molar-refractivity contribution in [2.24, 2.45) is 0 Å². The van der Waals surface area contributed by atoms with Crippen molar-refractivity contribution in [2.45, 2.75) is 25.7 Å². The molecule has 4 nitrogen and oxygen atoms in total. The van der Waals surface area contributed by atoms with Gasteiger partial charge in [0.2, 0.25) is 0 Å². The molecule has 3 rings (SSSR count). The molecule has 29 heavy (non-hydrogen) atoms. The van der Waals surface area contributed by atoms with Crippen LogP contribution < -0.4 is 9.04 Å². The number of hydrogen-bond donors (Lipinski definition) is 0. The van der Waals surface area contributed by atoms with Gasteiger partial charge in [0, 0.05) is 6.20 Å². The second-order valence-electron chi connectivity index (χ2n) is 6.99. The van der Waals surface area contributed by atoms with Gasteiger partial charge in [-0.3, -0.25) is 0 Å². The highest BCUT2D eigenvalue weighted by molar-refractivity contribution is 7.93. The van der Waals surface area contributed by atoms with Gasteiger partial charge in [0.05, 0.1) is 17.7 Å². The third-order valence-corrected chi connectivity index (χ3v) is 6.42. The minimum absolute atomic E-state index is 0.252. The molecule has 0 aromatic heterocycles. The van der Waals surface area contributed by atoms with E-state index in [9.17, 15) is 8.42 Å². The number of anilines is 1. The number of rotatable bonds is 6. The monoisotopic (exact) mass is 407 g/mol. The molecule has 0 spiro atoms. The zero-order valence-corrected chi connectivity index (χ0v) is 17.9. The zero-order chi connectivity index (χ0) is 21.0. The summed E-state index contributed by atoms with van der Waals surface area (Å²) < 4.78 is 33.5. The first kappa shape index (κ1) is 20.7. The van der Waals surface area contributed by atoms with E-state index in [1.165, 1.54) is 4.31 Å². The fourth-order valence-electron chi connectivity index (χ4n) is 2.90. The third kappa shape index (κ3) is 4.69. The lowest BCUT2D eigenvalue weighted by Crippen LogP contribution is -2.26. The van der Waals surface area contributed by atoms with Crippen LogP contribution in [0.2, 0.25) is 0 Å². The molecule has 3 aromatic carbocycles. The molecule has 0 bridgehead atoms. The summed E-state index contributed by atoms with van der Waals surface area (Å²) in [4.78, 5) is 0.252. The van der Waals surface area contributed by atoms with Crippen LogP contribution in [0, 0.1) is 13.8 Å². The molecule has 0 unspecified atom stereocenters. The van der Waals surface area contributed by atoms with Gasteiger partial charge in [-0.2, -0.15) is 0 Å². The number of hydrogen-bond acceptors (Lipinski definition) is 3. The third-order valence-electron chi connectivity index (χ3n) is 4.72. The van der Waals surface area contributed by atoms with Gasteiger partial charge in [-0.1, -0.05) is 47.5 Å². The van der Waals surface area contributed by atoms with Crippen LogP contribution in [0.15, 0.2) is 83.9 Å². The molecule has 0 fully saturated rings. The van der Waals surface area contributed by atoms with Crippen LogP contribution >= 0.6 is 0 Å². The summed E-state index contributed by atoms with van der Waals surface area (Å²) in [5.41, 5.74) is 4.41. The largest absolute Gasteiger partial charge is 0.497 e. The van der Waals surface area contributed by atoms with Crippen molar-refractivity contribution < 1.29 is 13.2 Å². The quantitative estimate of drug-likeness (QED) is 0.537. The van der Waals surface area contributed by atoms with Gasteiger partial charge in [-0.15, -0.1) is 0 Å². The Morgan fingerprint density at radius 1 is 0.828 bits per heavy atom. The van der Waals surface area contributed by atoms with Crippen LogP contribution in [-0.2, 0) is 10.0 Å². The Bertz CT molecular complexity index is 1100. The average molecular weight is 408 g/mol. The number of allylic oxidation sites excluding steroid dienone is 1. The Kier molecular flexibility index (Phi) is 6.09. The predicted molar refractivity (Wildman–Crippen MR) is 119 cm³/mol. The van der Waals surface area contributed by atoms with Crippen molar-refractivity contribution in [3.8, 4) is 5.75 Å². The van der Waals surface area contributed by atoms with Crippen molar-refractivity contribution >= 4 is 21.3 Å². The summed E-state index contributed by atoms with van der Waals surface area (Å²) in [6, 6.07) is 21.9. The van der Waals surface area contributed by atoms with Crippen LogP contribution in [0.3, 0.4) is 0 Å². The second-order valence-corrected chi connectivity index (χ2v) is 8.81. The lowest BCUT2D eigenvalue weighted by Gasteiger charge is -2.22. The van der Waals surface area contributed by atoms with Gasteiger partial charge in [0.15, 0.2) is 0 Å². The maximum absolute atomic E-state index is 13.5. The summed E-state index contributed by atoms with van der Waals surface area (Å²) in [7, 11) is -2.15. The molecule has 5 heteroatoms. The lowest BCUT2D eigenvalue weighted by atomic mass is 10.1. The van der Waals surface area contributed by atoms with E-state index in [0.29, 0.717) is 5.69 Å². The van der Waals surface area contributed by atoms with Crippen LogP contribution in [0.25, 0.3) is 5.57 Å². The minimum Gasteiger partial charge on any atom is -0.497 e. The fourth-order valence-corrected chi connectivity index (χ4v) is 4.31. The molecule has 0 heterocycles. The summed E-state index contributed by atoms with van der Waals surface area (Å²) in [5, 5.41) is 0. The lowest BCUT2D eigenvalue weighted by molar-refractivity contribution is 0.415. The predicted octanol–water partition coefficient (Wildman–Crippen LogP) is 5.57. The standard InChI is InChI=1S/C24H25NO3S/c1-18-5-11-22(12-6-18)25(29(26,27)24-15-7-19(2)8-16-24)17-20(3)21-9-13-23(28-4)14-10-21/h5-17H,1-4H3. The van der Waals surface area contributed by atoms with Crippen molar-refractivity contribution in [3.63, 3.8) is 0 Å². The summed E-state index contributed by atoms with van der Waals surface area (Å²) in [6.07, 6.45) is 1.67. The van der Waals surface area contributed by atoms with E-state index in [0.717, 1.165) is 28.0 Å². The minimum atomic E-state index is -3.77. The molecule has 0 atom stereocenters. The van der Waals surface area contributed by atoms with E-state index in [2.05, 4.69) is 0 Å². The number of ether oxygens (including phenoxy) is 1. The van der Waals surface area contributed by atoms with E-state index in [1.807, 2.05) is 69.3 Å². The van der Waals surface area contributed by atoms with E-state index >= 15 is 0 Å². The normalized spacial score (nSPS) is 11.9. The smallest absolute Gasteiger partial charge is 0.268 e. The highest BCUT2D eigenvalue weighted by Gasteiger charge is 2.23. The van der Waals surface area contributed by atoms with Gasteiger partial charge in [-0.25, -0.2) is 12.7 Å². The first-order valence-electron chi connectivity index (χ1n) is 9.32. The molecule has 0 N–H and O–H groups in total. The second kappa shape index (κ2) is 8.53. The van der Waals surface area contributed by atoms with E-state index in [4.69, 9.17) is 4.74 Å². The topological polar surface area (TPSA) is 46.6 Å². The van der Waals surface area contributed by atoms with Crippen molar-refractivity contribution in [2.75, 3.05) is 11.4 Å². The molecule has 0 saturated carbocycles. The molecule has 0 aliphatic heterocycles. The van der Waals surface area contributed by atoms with Gasteiger partial charge in [0.25, 0.3) is 10.0 Å². The van der Waals surface area contributed by atoms with E-state index in [1.54, 1.807) is 37.6 Å². The zero-order valence-electron chi connectivity index (χ0n) is 17.1. The van der Waals surface area contributed by atoms with E-state index < -0.39 is 10.0 Å². The van der Waals surface area contributed by atoms with Crippen LogP contribution in [0.4, 0.5) is 5.69 Å². The van der Waals surface area contributed by atoms with Gasteiger partial charge < -0.3 is 4.74 Å². The molecular weight excluding hydrogens is 382 g/mol. The first-order valence-corrected chi connectivity index (χ1v) is 10.8. The Balaban J connectivity index is 2.09. The molecule has 3 aromatic rings. The average Bonchev–Trinajstić information content (AvgIpc) is 2.73. The highest BCUT2D eigenvalue weighted by atomic mass is 32.2. The van der Waals surface area contributed by atoms with Crippen LogP contribution in [-0.4, -0.2) is 15.5 Å². The SMILES string of the molecule is COc1ccc(C(C)=CN(c2ccc(C)cc2)S(=O)(=O)c2ccc(C)cc2)cc1. The van der Waals surface area contributed by atoms with Gasteiger partial charge in [0.1, 0.15) is 5.75 Å². The molecule has 0 aliphatic carbocycles. The van der Waals surface area contributed by atoms with Crippen LogP contribution in [0.1, 0.15) is 23.6 Å². The summed E-state index contributed by atoms with van der Waals surface area (Å²) >= 11 is 0. The summed E-state index contributed by atoms with van der Waals surface area (Å²) in [5.74, 6) is 0.754. The number of benzene rings is 3. The molecular formula is C24H25NO3S. The molecule has 150 valence electrons. The Hall–Kier alpha value is -3.05. The molecule has 0 radical (unpaired) electrons. The maximum atomic E-state index is 13.5. The Morgan fingerprint density at radius 2 is 1.34 bits per heavy atom. The Morgan fingerprint density at radius 3 is 1.86 bits per heavy atom. The van der Waals surface area contributed by atoms with Crippen molar-refractivity contribution in [1.29, 1.82) is 0 Å². The summed E-state index contributed by atoms with van der Waals surface area (Å²) in [6.45, 7) is 5.80. The molecule has 0 aliphatic rings. The Labute approximate surface area is 173 Å². The number of nitrogens with zero attached hydrogens (tertiary/aromatic N) is 1. The van der Waals surface area contributed by atoms with E-state index in [-0.39, 0.29) is 4.90 Å². The maximum Gasteiger partial charge on any atom is 0.268 e. The fraction of sp³-hybridized carbons (Fsp3) is 0.167. The highest BCUT2D eigenvalue weighted by Crippen LogP contribution is 2.28. The molecule has 0 saturated heterocycles. The van der Waals surface area contributed by atoms with Crippen LogP contribution in [0.5, 0.6) is 5.75 Å².